The first-order valence-corrected chi connectivity index (χ1v) is 40.8. The van der Waals surface area contributed by atoms with E-state index in [-0.39, 0.29) is 125 Å². The number of rotatable bonds is 55. The number of carbonyl (C=O) groups excluding carboxylic acids is 9. The molecule has 8 amide bonds. The van der Waals surface area contributed by atoms with E-state index in [1.54, 1.807) is 21.0 Å². The molecule has 10 N–H and O–H groups in total. The van der Waals surface area contributed by atoms with E-state index in [2.05, 4.69) is 42.5 Å². The molecule has 7 atom stereocenters. The van der Waals surface area contributed by atoms with E-state index in [0.29, 0.717) is 158 Å². The number of cyclic esters (lactones) is 1. The molecule has 0 unspecified atom stereocenters. The van der Waals surface area contributed by atoms with Gasteiger partial charge in [-0.15, -0.1) is 0 Å². The fraction of sp³-hybridized carbons (Fsp3) is 0.571. The number of pyridine rings is 2. The minimum atomic E-state index is -2.10. The van der Waals surface area contributed by atoms with Gasteiger partial charge in [0.15, 0.2) is 5.60 Å². The second-order valence-electron chi connectivity index (χ2n) is 29.4. The SMILES string of the molecule is CC[C@@]1(O)C(=O)OCc2c1cc1n(c2=O)Cc2c-1nc1cc(F)c(C)c3c1c2[C@@H](NC(=O)[C@H](C)NC(=O)[C@H](C)NC(=O)[C@H](C)NC(=O)[C@H](CCC(=O)O)NC(=O)CCCNC(=O)[C@H](CCCCNC(=O)COCCOCCOCCOCCOCCOCCOCCOCCOCCOC)NC(=O)OCC1c2ccccc2-c2ccccc21)CC3. The van der Waals surface area contributed by atoms with Crippen LogP contribution in [0, 0.1) is 12.7 Å². The first-order chi connectivity index (χ1) is 57.9. The highest BCUT2D eigenvalue weighted by molar-refractivity contribution is 5.97. The molecule has 3 aromatic carbocycles. The summed E-state index contributed by atoms with van der Waals surface area (Å²) >= 11 is 0. The number of carboxylic acids is 1. The zero-order chi connectivity index (χ0) is 86.1. The molecule has 36 heteroatoms. The van der Waals surface area contributed by atoms with Crippen molar-refractivity contribution in [2.24, 2.45) is 0 Å². The molecule has 2 aliphatic heterocycles. The number of hydrogen-bond acceptors (Lipinski definition) is 25. The van der Waals surface area contributed by atoms with E-state index >= 15 is 4.39 Å². The van der Waals surface area contributed by atoms with Crippen LogP contribution in [0.5, 0.6) is 0 Å². The third-order valence-electron chi connectivity index (χ3n) is 21.0. The number of amides is 8. The number of aromatic nitrogens is 2. The Balaban J connectivity index is 0.667. The van der Waals surface area contributed by atoms with Crippen molar-refractivity contribution in [3.8, 4) is 22.5 Å². The maximum Gasteiger partial charge on any atom is 0.407 e. The van der Waals surface area contributed by atoms with Gasteiger partial charge >= 0.3 is 18.0 Å². The highest BCUT2D eigenvalue weighted by Gasteiger charge is 2.46. The fourth-order valence-electron chi connectivity index (χ4n) is 14.4. The highest BCUT2D eigenvalue weighted by Crippen LogP contribution is 2.47. The summed E-state index contributed by atoms with van der Waals surface area (Å²) in [4.78, 5) is 152. The van der Waals surface area contributed by atoms with Gasteiger partial charge in [0, 0.05) is 61.5 Å². The number of aliphatic carboxylic acids is 1. The van der Waals surface area contributed by atoms with E-state index in [1.807, 2.05) is 48.5 Å². The molecule has 0 spiro atoms. The maximum atomic E-state index is 15.6. The second-order valence-corrected chi connectivity index (χ2v) is 29.4. The number of hydrogen-bond donors (Lipinski definition) is 10. The number of methoxy groups -OCH3 is 1. The summed E-state index contributed by atoms with van der Waals surface area (Å²) in [7, 11) is 1.62. The fourth-order valence-corrected chi connectivity index (χ4v) is 14.4. The smallest absolute Gasteiger partial charge is 0.407 e. The number of ether oxygens (including phenoxy) is 12. The predicted molar refractivity (Wildman–Crippen MR) is 430 cm³/mol. The Labute approximate surface area is 694 Å². The van der Waals surface area contributed by atoms with Gasteiger partial charge in [0.25, 0.3) is 5.56 Å². The number of benzene rings is 3. The lowest BCUT2D eigenvalue weighted by atomic mass is 9.81. The first kappa shape index (κ1) is 93.9. The number of aryl methyl sites for hydroxylation is 1. The molecule has 2 aromatic heterocycles. The van der Waals surface area contributed by atoms with E-state index < -0.39 is 113 Å². The number of fused-ring (bicyclic) bond motifs is 8. The number of alkyl carbamates (subject to hydrolysis) is 1. The van der Waals surface area contributed by atoms with Gasteiger partial charge in [-0.25, -0.2) is 19.0 Å². The number of halogens is 1. The summed E-state index contributed by atoms with van der Waals surface area (Å²) in [5.41, 5.74) is 4.66. The molecular weight excluding hydrogens is 1570 g/mol. The Morgan fingerprint density at radius 3 is 1.68 bits per heavy atom. The number of carbonyl (C=O) groups is 10. The first-order valence-electron chi connectivity index (χ1n) is 40.8. The topological polar surface area (TPSA) is 453 Å². The van der Waals surface area contributed by atoms with Crippen LogP contribution in [0.3, 0.4) is 0 Å². The molecule has 2 aliphatic carbocycles. The van der Waals surface area contributed by atoms with Crippen molar-refractivity contribution in [2.75, 3.05) is 152 Å². The van der Waals surface area contributed by atoms with E-state index in [1.165, 1.54) is 37.5 Å². The van der Waals surface area contributed by atoms with Crippen LogP contribution >= 0.6 is 0 Å². The molecule has 4 aliphatic rings. The number of esters is 1. The van der Waals surface area contributed by atoms with Crippen molar-refractivity contribution < 1.29 is 119 Å². The molecule has 5 aromatic rings. The van der Waals surface area contributed by atoms with E-state index in [4.69, 9.17) is 61.8 Å². The molecule has 0 bridgehead atoms. The van der Waals surface area contributed by atoms with Crippen molar-refractivity contribution in [1.82, 2.24) is 52.1 Å². The molecule has 35 nitrogen and oxygen atoms in total. The molecule has 4 heterocycles. The Morgan fingerprint density at radius 1 is 0.600 bits per heavy atom. The summed E-state index contributed by atoms with van der Waals surface area (Å²) < 4.78 is 82.3. The summed E-state index contributed by atoms with van der Waals surface area (Å²) in [6, 6.07) is 11.3. The van der Waals surface area contributed by atoms with Gasteiger partial charge in [0.2, 0.25) is 41.4 Å². The Morgan fingerprint density at radius 2 is 1.12 bits per heavy atom. The van der Waals surface area contributed by atoms with Crippen molar-refractivity contribution in [3.63, 3.8) is 0 Å². The monoisotopic (exact) mass is 1680 g/mol. The normalized spacial score (nSPS) is 16.1. The minimum Gasteiger partial charge on any atom is -0.481 e. The van der Waals surface area contributed by atoms with E-state index in [9.17, 15) is 63.0 Å². The average Bonchev–Trinajstić information content (AvgIpc) is 1.54. The molecule has 656 valence electrons. The second kappa shape index (κ2) is 47.9. The Hall–Kier alpha value is -9.99. The Bertz CT molecular complexity index is 4370. The highest BCUT2D eigenvalue weighted by atomic mass is 19.1. The number of aliphatic hydroxyl groups is 1. The molecule has 0 fully saturated rings. The largest absolute Gasteiger partial charge is 0.481 e. The van der Waals surface area contributed by atoms with Crippen molar-refractivity contribution in [1.29, 1.82) is 0 Å². The lowest BCUT2D eigenvalue weighted by Crippen LogP contribution is -2.56. The van der Waals surface area contributed by atoms with Crippen molar-refractivity contribution in [3.05, 3.63) is 121 Å². The van der Waals surface area contributed by atoms with Gasteiger partial charge in [0.05, 0.1) is 154 Å². The van der Waals surface area contributed by atoms with Crippen LogP contribution < -0.4 is 48.1 Å². The third-order valence-corrected chi connectivity index (χ3v) is 21.0. The average molecular weight is 1680 g/mol. The summed E-state index contributed by atoms with van der Waals surface area (Å²) in [5, 5.41) is 43.0. The van der Waals surface area contributed by atoms with Crippen LogP contribution in [0.25, 0.3) is 33.4 Å². The van der Waals surface area contributed by atoms with Crippen LogP contribution in [0.4, 0.5) is 9.18 Å². The Kier molecular flexibility index (Phi) is 37.4. The predicted octanol–water partition coefficient (Wildman–Crippen LogP) is 3.38. The van der Waals surface area contributed by atoms with Gasteiger partial charge in [-0.05, 0) is 124 Å². The summed E-state index contributed by atoms with van der Waals surface area (Å²) in [6.45, 7) is 14.3. The molecule has 0 radical (unpaired) electrons. The summed E-state index contributed by atoms with van der Waals surface area (Å²) in [6.07, 6.45) is -0.596. The van der Waals surface area contributed by atoms with Crippen LogP contribution in [-0.2, 0) is 125 Å². The van der Waals surface area contributed by atoms with Gasteiger partial charge < -0.3 is 114 Å². The van der Waals surface area contributed by atoms with Crippen LogP contribution in [0.2, 0.25) is 0 Å². The van der Waals surface area contributed by atoms with Gasteiger partial charge in [-0.2, -0.15) is 0 Å². The summed E-state index contributed by atoms with van der Waals surface area (Å²) in [5.74, 6) is -7.81. The van der Waals surface area contributed by atoms with Gasteiger partial charge in [-0.1, -0.05) is 55.5 Å². The number of unbranched alkanes of at least 4 members (excludes halogenated alkanes) is 1. The van der Waals surface area contributed by atoms with E-state index in [0.717, 1.165) is 22.3 Å². The van der Waals surface area contributed by atoms with Gasteiger partial charge in [0.1, 0.15) is 55.8 Å². The molecule has 0 saturated heterocycles. The molecule has 120 heavy (non-hydrogen) atoms. The number of nitrogens with zero attached hydrogens (tertiary/aromatic N) is 2. The number of carboxylic acid groups (broad SMARTS) is 1. The maximum absolute atomic E-state index is 15.6. The van der Waals surface area contributed by atoms with Gasteiger partial charge in [-0.3, -0.25) is 43.2 Å². The zero-order valence-electron chi connectivity index (χ0n) is 68.9. The minimum absolute atomic E-state index is 0.00877. The lowest BCUT2D eigenvalue weighted by Gasteiger charge is -2.31. The molecule has 9 rings (SSSR count). The quantitative estimate of drug-likeness (QED) is 0.0193. The van der Waals surface area contributed by atoms with Crippen LogP contribution in [-0.4, -0.2) is 262 Å². The van der Waals surface area contributed by atoms with Crippen molar-refractivity contribution >= 4 is 70.3 Å². The van der Waals surface area contributed by atoms with Crippen LogP contribution in [0.1, 0.15) is 142 Å². The lowest BCUT2D eigenvalue weighted by molar-refractivity contribution is -0.172. The molecule has 0 saturated carbocycles. The molecular formula is C84H113FN10O25. The third kappa shape index (κ3) is 26.5. The van der Waals surface area contributed by atoms with Crippen molar-refractivity contribution in [2.45, 2.75) is 160 Å². The number of nitrogens with one attached hydrogen (secondary N) is 8. The standard InChI is InChI=1S/C84H113FN10O25/c1-7-84(108)63-45-69-75-60(47-95(69)81(105)62(63)49-119-82(84)106)74-65(22-21-55-51(2)64(85)46-68(92-75)73(55)74)93-78(102)54(5)89-76(100)52(3)88-77(101)53(4)90-80(104)67(23-24-72(98)99)91-70(96)20-14-26-87-79(103)66(94-83(107)120-48-61-58-17-10-8-15-56(58)57-16-9-11-18-59(57)61)19-12-13-25-86-71(97)50-118-44-43-117-42-41-116-40-39-115-38-37-114-36-35-113-34-33-112-32-31-111-30-29-110-28-27-109-6/h8-11,15-18,45-46,52-54,61,65-67,108H,7,12-14,19-44,47-50H2,1-6H3,(H,86,97)(H,87,103)(H,88,101)(H,89,100)(H,90,104)(H,91,96)(H,93,102)(H,94,107)(H,98,99)/t52-,53-,54-,65-,66-,67-,84-/m0/s1. The van der Waals surface area contributed by atoms with Crippen LogP contribution in [0.15, 0.2) is 65.5 Å². The zero-order valence-corrected chi connectivity index (χ0v) is 68.9.